The molecule has 0 radical (unpaired) electrons. The molecule has 17 heavy (non-hydrogen) atoms. The molecule has 0 aromatic carbocycles. The van der Waals surface area contributed by atoms with Gasteiger partial charge >= 0.3 is 12.1 Å². The molecule has 1 fully saturated rings. The normalized spacial score (nSPS) is 25.5. The number of amides is 1. The van der Waals surface area contributed by atoms with Crippen LogP contribution in [-0.2, 0) is 9.53 Å². The number of aliphatic carboxylic acids is 1. The van der Waals surface area contributed by atoms with Gasteiger partial charge in [0.05, 0.1) is 0 Å². The Bertz CT molecular complexity index is 311. The highest BCUT2D eigenvalue weighted by Crippen LogP contribution is 2.14. The Morgan fingerprint density at radius 3 is 2.47 bits per heavy atom. The van der Waals surface area contributed by atoms with E-state index in [4.69, 9.17) is 9.84 Å². The lowest BCUT2D eigenvalue weighted by Gasteiger charge is -2.37. The Balaban J connectivity index is 2.75. The van der Waals surface area contributed by atoms with Gasteiger partial charge in [-0.3, -0.25) is 4.90 Å². The summed E-state index contributed by atoms with van der Waals surface area (Å²) in [7, 11) is 0. The smallest absolute Gasteiger partial charge is 0.411 e. The minimum absolute atomic E-state index is 0.0677. The molecule has 0 aromatic rings. The molecule has 6 heteroatoms. The standard InChI is InChI=1S/C11H20N2O4/c1-7-6-13(8(5-12-7)9(14)15)10(16)17-11(2,3)4/h7-8,12H,5-6H2,1-4H3,(H,14,15)/t7-,8+/m1/s1. The Labute approximate surface area is 101 Å². The molecule has 0 aromatic heterocycles. The zero-order valence-corrected chi connectivity index (χ0v) is 10.7. The van der Waals surface area contributed by atoms with Crippen molar-refractivity contribution in [3.8, 4) is 0 Å². The third kappa shape index (κ3) is 3.89. The molecule has 1 rings (SSSR count). The topological polar surface area (TPSA) is 78.9 Å². The second-order valence-electron chi connectivity index (χ2n) is 5.30. The first-order valence-corrected chi connectivity index (χ1v) is 5.66. The van der Waals surface area contributed by atoms with Crippen LogP contribution >= 0.6 is 0 Å². The minimum Gasteiger partial charge on any atom is -0.480 e. The summed E-state index contributed by atoms with van der Waals surface area (Å²) in [6.07, 6.45) is -0.571. The van der Waals surface area contributed by atoms with Gasteiger partial charge in [-0.05, 0) is 27.7 Å². The SMILES string of the molecule is C[C@@H]1CN(C(=O)OC(C)(C)C)[C@H](C(=O)O)CN1. The lowest BCUT2D eigenvalue weighted by Crippen LogP contribution is -2.60. The second-order valence-corrected chi connectivity index (χ2v) is 5.30. The first-order valence-electron chi connectivity index (χ1n) is 5.66. The molecular formula is C11H20N2O4. The van der Waals surface area contributed by atoms with Crippen molar-refractivity contribution in [1.29, 1.82) is 0 Å². The molecular weight excluding hydrogens is 224 g/mol. The summed E-state index contributed by atoms with van der Waals surface area (Å²) in [5.41, 5.74) is -0.617. The number of ether oxygens (including phenoxy) is 1. The molecule has 2 N–H and O–H groups in total. The van der Waals surface area contributed by atoms with Crippen molar-refractivity contribution in [3.63, 3.8) is 0 Å². The van der Waals surface area contributed by atoms with Crippen molar-refractivity contribution < 1.29 is 19.4 Å². The van der Waals surface area contributed by atoms with Crippen molar-refractivity contribution >= 4 is 12.1 Å². The third-order valence-electron chi connectivity index (χ3n) is 2.42. The summed E-state index contributed by atoms with van der Waals surface area (Å²) in [6.45, 7) is 7.75. The highest BCUT2D eigenvalue weighted by Gasteiger charge is 2.36. The Morgan fingerprint density at radius 1 is 1.41 bits per heavy atom. The highest BCUT2D eigenvalue weighted by atomic mass is 16.6. The predicted molar refractivity (Wildman–Crippen MR) is 61.8 cm³/mol. The predicted octanol–water partition coefficient (Wildman–Crippen LogP) is 0.668. The van der Waals surface area contributed by atoms with Gasteiger partial charge in [-0.1, -0.05) is 0 Å². The van der Waals surface area contributed by atoms with Gasteiger partial charge in [0.25, 0.3) is 0 Å². The second kappa shape index (κ2) is 4.91. The quantitative estimate of drug-likeness (QED) is 0.708. The van der Waals surface area contributed by atoms with Gasteiger partial charge in [0.1, 0.15) is 11.6 Å². The van der Waals surface area contributed by atoms with Gasteiger partial charge in [-0.2, -0.15) is 0 Å². The molecule has 2 atom stereocenters. The Kier molecular flexibility index (Phi) is 3.98. The van der Waals surface area contributed by atoms with Crippen LogP contribution in [0.15, 0.2) is 0 Å². The molecule has 1 aliphatic heterocycles. The van der Waals surface area contributed by atoms with Crippen molar-refractivity contribution in [2.75, 3.05) is 13.1 Å². The van der Waals surface area contributed by atoms with Crippen LogP contribution in [0.2, 0.25) is 0 Å². The van der Waals surface area contributed by atoms with Crippen molar-refractivity contribution in [2.24, 2.45) is 0 Å². The zero-order valence-electron chi connectivity index (χ0n) is 10.7. The van der Waals surface area contributed by atoms with Gasteiger partial charge in [0, 0.05) is 19.1 Å². The first-order chi connectivity index (χ1) is 7.70. The van der Waals surface area contributed by atoms with Gasteiger partial charge < -0.3 is 15.2 Å². The molecule has 6 nitrogen and oxygen atoms in total. The van der Waals surface area contributed by atoms with Crippen LogP contribution in [0.1, 0.15) is 27.7 Å². The van der Waals surface area contributed by atoms with Gasteiger partial charge in [-0.15, -0.1) is 0 Å². The number of nitrogens with one attached hydrogen (secondary N) is 1. The monoisotopic (exact) mass is 244 g/mol. The fourth-order valence-electron chi connectivity index (χ4n) is 1.65. The molecule has 0 saturated carbocycles. The number of nitrogens with zero attached hydrogens (tertiary/aromatic N) is 1. The summed E-state index contributed by atoms with van der Waals surface area (Å²) in [6, 6.07) is -0.792. The van der Waals surface area contributed by atoms with Crippen LogP contribution in [0.4, 0.5) is 4.79 Å². The molecule has 0 spiro atoms. The van der Waals surface area contributed by atoms with E-state index in [1.807, 2.05) is 6.92 Å². The molecule has 1 saturated heterocycles. The van der Waals surface area contributed by atoms with Crippen LogP contribution in [0.5, 0.6) is 0 Å². The molecule has 0 unspecified atom stereocenters. The van der Waals surface area contributed by atoms with Gasteiger partial charge in [0.15, 0.2) is 0 Å². The fourth-order valence-corrected chi connectivity index (χ4v) is 1.65. The fraction of sp³-hybridized carbons (Fsp3) is 0.818. The number of hydrogen-bond donors (Lipinski definition) is 2. The minimum atomic E-state index is -1.02. The number of rotatable bonds is 1. The summed E-state index contributed by atoms with van der Waals surface area (Å²) >= 11 is 0. The maximum Gasteiger partial charge on any atom is 0.411 e. The summed E-state index contributed by atoms with van der Waals surface area (Å²) < 4.78 is 5.20. The molecule has 1 aliphatic rings. The van der Waals surface area contributed by atoms with Crippen molar-refractivity contribution in [1.82, 2.24) is 10.2 Å². The number of hydrogen-bond acceptors (Lipinski definition) is 4. The van der Waals surface area contributed by atoms with Crippen LogP contribution in [0, 0.1) is 0 Å². The number of carbonyl (C=O) groups excluding carboxylic acids is 1. The third-order valence-corrected chi connectivity index (χ3v) is 2.42. The number of carboxylic acid groups (broad SMARTS) is 1. The summed E-state index contributed by atoms with van der Waals surface area (Å²) in [5.74, 6) is -1.02. The van der Waals surface area contributed by atoms with Crippen molar-refractivity contribution in [3.05, 3.63) is 0 Å². The van der Waals surface area contributed by atoms with E-state index < -0.39 is 23.7 Å². The van der Waals surface area contributed by atoms with E-state index in [0.29, 0.717) is 6.54 Å². The lowest BCUT2D eigenvalue weighted by molar-refractivity contribution is -0.144. The number of carboxylic acids is 1. The van der Waals surface area contributed by atoms with E-state index in [9.17, 15) is 9.59 Å². The van der Waals surface area contributed by atoms with Gasteiger partial charge in [0.2, 0.25) is 0 Å². The lowest BCUT2D eigenvalue weighted by atomic mass is 10.1. The van der Waals surface area contributed by atoms with Gasteiger partial charge in [-0.25, -0.2) is 9.59 Å². The van der Waals surface area contributed by atoms with E-state index in [1.54, 1.807) is 20.8 Å². The highest BCUT2D eigenvalue weighted by molar-refractivity contribution is 5.80. The maximum absolute atomic E-state index is 11.9. The van der Waals surface area contributed by atoms with E-state index in [1.165, 1.54) is 4.90 Å². The van der Waals surface area contributed by atoms with Crippen LogP contribution in [0.25, 0.3) is 0 Å². The van der Waals surface area contributed by atoms with E-state index in [0.717, 1.165) is 0 Å². The van der Waals surface area contributed by atoms with Crippen LogP contribution in [0.3, 0.4) is 0 Å². The summed E-state index contributed by atoms with van der Waals surface area (Å²) in [5, 5.41) is 12.1. The van der Waals surface area contributed by atoms with Crippen LogP contribution < -0.4 is 5.32 Å². The average Bonchev–Trinajstić information content (AvgIpc) is 2.14. The largest absolute Gasteiger partial charge is 0.480 e. The Morgan fingerprint density at radius 2 is 2.00 bits per heavy atom. The zero-order chi connectivity index (χ0) is 13.2. The molecule has 0 aliphatic carbocycles. The molecule has 1 heterocycles. The average molecular weight is 244 g/mol. The molecule has 98 valence electrons. The van der Waals surface area contributed by atoms with E-state index >= 15 is 0 Å². The molecule has 0 bridgehead atoms. The molecule has 1 amide bonds. The van der Waals surface area contributed by atoms with E-state index in [-0.39, 0.29) is 12.6 Å². The van der Waals surface area contributed by atoms with E-state index in [2.05, 4.69) is 5.32 Å². The first kappa shape index (κ1) is 13.8. The maximum atomic E-state index is 11.9. The van der Waals surface area contributed by atoms with Crippen LogP contribution in [-0.4, -0.2) is 52.8 Å². The van der Waals surface area contributed by atoms with Crippen molar-refractivity contribution in [2.45, 2.75) is 45.4 Å². The number of piperazine rings is 1. The summed E-state index contributed by atoms with van der Waals surface area (Å²) in [4.78, 5) is 24.2. The number of carbonyl (C=O) groups is 2. The Hall–Kier alpha value is -1.30.